The van der Waals surface area contributed by atoms with Crippen LogP contribution in [0.1, 0.15) is 0 Å². The first-order valence-corrected chi connectivity index (χ1v) is 19.7. The quantitative estimate of drug-likeness (QED) is 0.172. The summed E-state index contributed by atoms with van der Waals surface area (Å²) in [5.41, 5.74) is 12.1. The van der Waals surface area contributed by atoms with Gasteiger partial charge in [0, 0.05) is 52.8 Å². The third-order valence-corrected chi connectivity index (χ3v) is 12.7. The molecule has 0 aliphatic carbocycles. The molecule has 0 spiro atoms. The van der Waals surface area contributed by atoms with Crippen LogP contribution in [-0.2, 0) is 0 Å². The van der Waals surface area contributed by atoms with Crippen LogP contribution in [0.4, 0.5) is 0 Å². The van der Waals surface area contributed by atoms with Crippen molar-refractivity contribution in [3.05, 3.63) is 194 Å². The predicted molar refractivity (Wildman–Crippen MR) is 236 cm³/mol. The summed E-state index contributed by atoms with van der Waals surface area (Å²) in [5, 5.41) is 10.2. The SMILES string of the molecule is c1ccc(-c2ccc(-n3c4ccccc4c4cc(-c5ccc6c(c5)c5ccccc5n6-c5ccc6sc7ccccc7c6c5)ccc43)c3ccccc23)cc1. The van der Waals surface area contributed by atoms with Crippen LogP contribution in [0.3, 0.4) is 0 Å². The van der Waals surface area contributed by atoms with Crippen molar-refractivity contribution < 1.29 is 0 Å². The summed E-state index contributed by atoms with van der Waals surface area (Å²) >= 11 is 1.87. The highest BCUT2D eigenvalue weighted by Crippen LogP contribution is 2.42. The third-order valence-electron chi connectivity index (χ3n) is 11.5. The van der Waals surface area contributed by atoms with Gasteiger partial charge < -0.3 is 9.13 Å². The van der Waals surface area contributed by atoms with Crippen LogP contribution in [0.15, 0.2) is 194 Å². The van der Waals surface area contributed by atoms with E-state index < -0.39 is 0 Å². The number of thiophene rings is 1. The third kappa shape index (κ3) is 4.54. The maximum atomic E-state index is 2.45. The summed E-state index contributed by atoms with van der Waals surface area (Å²) in [6.45, 7) is 0. The molecule has 0 unspecified atom stereocenters. The minimum atomic E-state index is 1.19. The molecule has 12 rings (SSSR count). The number of fused-ring (bicyclic) bond motifs is 10. The lowest BCUT2D eigenvalue weighted by molar-refractivity contribution is 1.19. The lowest BCUT2D eigenvalue weighted by Gasteiger charge is -2.15. The second kappa shape index (κ2) is 11.8. The van der Waals surface area contributed by atoms with E-state index in [0.717, 1.165) is 0 Å². The lowest BCUT2D eigenvalue weighted by atomic mass is 9.97. The minimum Gasteiger partial charge on any atom is -0.309 e. The number of benzene rings is 9. The number of para-hydroxylation sites is 2. The molecule has 0 saturated heterocycles. The van der Waals surface area contributed by atoms with Gasteiger partial charge in [0.2, 0.25) is 0 Å². The molecule has 0 N–H and O–H groups in total. The Morgan fingerprint density at radius 3 is 1.56 bits per heavy atom. The van der Waals surface area contributed by atoms with E-state index in [9.17, 15) is 0 Å². The van der Waals surface area contributed by atoms with Gasteiger partial charge in [-0.3, -0.25) is 0 Å². The van der Waals surface area contributed by atoms with Gasteiger partial charge in [0.15, 0.2) is 0 Å². The number of aromatic nitrogens is 2. The van der Waals surface area contributed by atoms with E-state index >= 15 is 0 Å². The van der Waals surface area contributed by atoms with E-state index in [4.69, 9.17) is 0 Å². The standard InChI is InChI=1S/C52H32N2S/c1-2-12-33(13-3-1)37-25-28-48(39-15-5-4-14-38(37)39)54-47-20-10-7-17-41(47)44-31-35(23-27-50(44)54)34-22-26-49-43(30-34)40-16-6-9-19-46(40)53(49)36-24-29-52-45(32-36)42-18-8-11-21-51(42)55-52/h1-32H. The first-order valence-electron chi connectivity index (χ1n) is 18.8. The van der Waals surface area contributed by atoms with Crippen LogP contribution in [0.25, 0.3) is 108 Å². The number of nitrogens with zero attached hydrogens (tertiary/aromatic N) is 2. The van der Waals surface area contributed by atoms with Gasteiger partial charge in [-0.25, -0.2) is 0 Å². The van der Waals surface area contributed by atoms with Gasteiger partial charge in [-0.1, -0.05) is 127 Å². The van der Waals surface area contributed by atoms with Crippen LogP contribution < -0.4 is 0 Å². The largest absolute Gasteiger partial charge is 0.309 e. The van der Waals surface area contributed by atoms with Crippen LogP contribution in [0.2, 0.25) is 0 Å². The molecule has 0 fully saturated rings. The van der Waals surface area contributed by atoms with E-state index in [1.54, 1.807) is 0 Å². The number of rotatable bonds is 4. The Bertz CT molecular complexity index is 3490. The number of hydrogen-bond donors (Lipinski definition) is 0. The molecule has 3 heteroatoms. The average Bonchev–Trinajstić information content (AvgIpc) is 3.90. The molecular weight excluding hydrogens is 685 g/mol. The molecule has 0 saturated carbocycles. The Morgan fingerprint density at radius 1 is 0.291 bits per heavy atom. The van der Waals surface area contributed by atoms with Crippen molar-refractivity contribution in [2.24, 2.45) is 0 Å². The Kier molecular flexibility index (Phi) is 6.54. The minimum absolute atomic E-state index is 1.19. The summed E-state index contributed by atoms with van der Waals surface area (Å²) in [7, 11) is 0. The van der Waals surface area contributed by atoms with Crippen molar-refractivity contribution in [1.82, 2.24) is 9.13 Å². The first-order chi connectivity index (χ1) is 27.3. The van der Waals surface area contributed by atoms with E-state index in [1.807, 2.05) is 11.3 Å². The maximum absolute atomic E-state index is 2.45. The molecule has 12 aromatic rings. The van der Waals surface area contributed by atoms with Crippen LogP contribution in [0.5, 0.6) is 0 Å². The van der Waals surface area contributed by atoms with Crippen molar-refractivity contribution >= 4 is 85.9 Å². The fourth-order valence-electron chi connectivity index (χ4n) is 9.04. The topological polar surface area (TPSA) is 9.86 Å². The molecule has 0 bridgehead atoms. The molecule has 2 nitrogen and oxygen atoms in total. The van der Waals surface area contributed by atoms with Crippen molar-refractivity contribution in [2.75, 3.05) is 0 Å². The van der Waals surface area contributed by atoms with Gasteiger partial charge in [0.05, 0.1) is 27.8 Å². The fourth-order valence-corrected chi connectivity index (χ4v) is 10.1. The number of hydrogen-bond acceptors (Lipinski definition) is 1. The highest BCUT2D eigenvalue weighted by molar-refractivity contribution is 7.25. The Hall–Kier alpha value is -6.94. The Balaban J connectivity index is 1.03. The summed E-state index contributed by atoms with van der Waals surface area (Å²) in [4.78, 5) is 0. The molecule has 256 valence electrons. The van der Waals surface area contributed by atoms with Crippen molar-refractivity contribution in [3.63, 3.8) is 0 Å². The van der Waals surface area contributed by atoms with Gasteiger partial charge in [0.25, 0.3) is 0 Å². The smallest absolute Gasteiger partial charge is 0.0541 e. The zero-order chi connectivity index (χ0) is 36.0. The lowest BCUT2D eigenvalue weighted by Crippen LogP contribution is -1.96. The zero-order valence-electron chi connectivity index (χ0n) is 29.8. The van der Waals surface area contributed by atoms with Crippen LogP contribution >= 0.6 is 11.3 Å². The molecular formula is C52H32N2S. The molecule has 0 aliphatic heterocycles. The van der Waals surface area contributed by atoms with Gasteiger partial charge in [-0.05, 0) is 94.4 Å². The fraction of sp³-hybridized carbons (Fsp3) is 0. The van der Waals surface area contributed by atoms with Gasteiger partial charge in [-0.2, -0.15) is 0 Å². The molecule has 0 aliphatic rings. The highest BCUT2D eigenvalue weighted by atomic mass is 32.1. The summed E-state index contributed by atoms with van der Waals surface area (Å²) < 4.78 is 7.54. The van der Waals surface area contributed by atoms with E-state index in [1.165, 1.54) is 108 Å². The van der Waals surface area contributed by atoms with Crippen LogP contribution in [0, 0.1) is 0 Å². The normalized spacial score (nSPS) is 12.0. The summed E-state index contributed by atoms with van der Waals surface area (Å²) in [6, 6.07) is 71.5. The molecule has 0 radical (unpaired) electrons. The first kappa shape index (κ1) is 30.5. The molecule has 3 aromatic heterocycles. The molecule has 9 aromatic carbocycles. The summed E-state index contributed by atoms with van der Waals surface area (Å²) in [6.07, 6.45) is 0. The van der Waals surface area contributed by atoms with Crippen molar-refractivity contribution in [3.8, 4) is 33.6 Å². The second-order valence-corrected chi connectivity index (χ2v) is 15.6. The Labute approximate surface area is 321 Å². The monoisotopic (exact) mass is 716 g/mol. The summed E-state index contributed by atoms with van der Waals surface area (Å²) in [5.74, 6) is 0. The van der Waals surface area contributed by atoms with E-state index in [2.05, 4.69) is 203 Å². The van der Waals surface area contributed by atoms with E-state index in [0.29, 0.717) is 0 Å². The highest BCUT2D eigenvalue weighted by Gasteiger charge is 2.18. The molecule has 0 atom stereocenters. The zero-order valence-corrected chi connectivity index (χ0v) is 30.6. The van der Waals surface area contributed by atoms with Crippen LogP contribution in [-0.4, -0.2) is 9.13 Å². The molecule has 0 amide bonds. The van der Waals surface area contributed by atoms with Gasteiger partial charge in [0.1, 0.15) is 0 Å². The predicted octanol–water partition coefficient (Wildman–Crippen LogP) is 14.7. The van der Waals surface area contributed by atoms with Gasteiger partial charge >= 0.3 is 0 Å². The molecule has 55 heavy (non-hydrogen) atoms. The Morgan fingerprint density at radius 2 is 0.836 bits per heavy atom. The van der Waals surface area contributed by atoms with Crippen molar-refractivity contribution in [2.45, 2.75) is 0 Å². The average molecular weight is 717 g/mol. The van der Waals surface area contributed by atoms with Crippen molar-refractivity contribution in [1.29, 1.82) is 0 Å². The molecule has 3 heterocycles. The van der Waals surface area contributed by atoms with E-state index in [-0.39, 0.29) is 0 Å². The second-order valence-electron chi connectivity index (χ2n) is 14.5. The maximum Gasteiger partial charge on any atom is 0.0541 e. The van der Waals surface area contributed by atoms with Gasteiger partial charge in [-0.15, -0.1) is 11.3 Å².